The van der Waals surface area contributed by atoms with E-state index in [0.717, 1.165) is 61.1 Å². The van der Waals surface area contributed by atoms with Crippen LogP contribution in [0.15, 0.2) is 169 Å². The van der Waals surface area contributed by atoms with Crippen LogP contribution in [0.4, 0.5) is 15.3 Å². The first-order chi connectivity index (χ1) is 37.2. The number of thiazole rings is 2. The molecular weight excluding hydrogens is 1770 g/mol. The number of carbonyl (C=O) groups excluding carboxylic acids is 2. The van der Waals surface area contributed by atoms with Gasteiger partial charge < -0.3 is 36.7 Å². The van der Waals surface area contributed by atoms with Crippen molar-refractivity contribution in [3.63, 3.8) is 0 Å². The van der Waals surface area contributed by atoms with Crippen LogP contribution in [0, 0.1) is 10.1 Å². The van der Waals surface area contributed by atoms with E-state index >= 15 is 0 Å². The second kappa shape index (κ2) is 46.2. The van der Waals surface area contributed by atoms with Gasteiger partial charge in [-0.3, -0.25) is 20.1 Å². The minimum absolute atomic E-state index is 0.0341. The van der Waals surface area contributed by atoms with Crippen molar-refractivity contribution in [1.82, 2.24) is 15.3 Å². The van der Waals surface area contributed by atoms with E-state index in [2.05, 4.69) is 211 Å². The van der Waals surface area contributed by atoms with Crippen molar-refractivity contribution in [1.29, 1.82) is 0 Å². The zero-order valence-electron chi connectivity index (χ0n) is 42.0. The number of benzene rings is 5. The number of halogens is 6. The van der Waals surface area contributed by atoms with Crippen LogP contribution in [-0.2, 0) is 62.8 Å². The predicted octanol–water partition coefficient (Wildman–Crippen LogP) is 15.5. The first kappa shape index (κ1) is 71.8. The molecule has 0 saturated heterocycles. The van der Waals surface area contributed by atoms with Crippen LogP contribution in [0.2, 0.25) is 0 Å². The van der Waals surface area contributed by atoms with Crippen molar-refractivity contribution >= 4 is 163 Å². The van der Waals surface area contributed by atoms with Crippen LogP contribution in [0.3, 0.4) is 0 Å². The second-order valence-electron chi connectivity index (χ2n) is 16.2. The fourth-order valence-corrected chi connectivity index (χ4v) is 7.90. The summed E-state index contributed by atoms with van der Waals surface area (Å²) in [6.07, 6.45) is 9.01. The Labute approximate surface area is 541 Å². The first-order valence-corrected chi connectivity index (χ1v) is 49.9. The van der Waals surface area contributed by atoms with E-state index in [0.29, 0.717) is 9.47 Å². The number of rotatable bonds is 21. The molecule has 0 fully saturated rings. The molecule has 0 bridgehead atoms. The Hall–Kier alpha value is -1.27. The molecule has 7 aromatic rings. The molecule has 0 unspecified atom stereocenters. The molecule has 7 rings (SSSR count). The summed E-state index contributed by atoms with van der Waals surface area (Å²) in [5.74, 6) is 0.180. The van der Waals surface area contributed by atoms with Crippen LogP contribution >= 0.6 is 145 Å². The quantitative estimate of drug-likeness (QED) is 0.0132. The zero-order valence-corrected chi connectivity index (χ0v) is 59.3. The van der Waals surface area contributed by atoms with Gasteiger partial charge in [-0.25, -0.2) is 9.59 Å². The molecule has 7 N–H and O–H groups in total. The topological polar surface area (TPSA) is 221 Å². The van der Waals surface area contributed by atoms with E-state index in [1.807, 2.05) is 53.5 Å². The normalized spacial score (nSPS) is 11.6. The molecular formula is C53H62I6N7O7S2V2. The monoisotopic (exact) mass is 1840 g/mol. The maximum atomic E-state index is 12.3. The van der Waals surface area contributed by atoms with Gasteiger partial charge in [-0.05, 0) is 90.7 Å². The number of nitro benzene ring substituents is 1. The molecule has 415 valence electrons. The standard InChI is InChI=1S/C23H27N3O2S.C18H24N2.C11H8N2O5S.CH3I.5HI.2V/c24-20(13-18-7-3-1-4-8-18)11-12-21(14-19-9-5-2-6-10-19)26-23(27)28-16-22-15-25-17-29-22;19-17(13-15-7-3-1-4-8-15)11-12-18(20)14-16-9-5-2-6-10-16;14-11(17-6-10-5-12-7-19-10)18-9-3-1-8(2-4-9)13(15)16;1-2;;;;;;;/h1-10,15,17,20-21H,11-14,16,24H2,(H,26,27);1-10,17-18H,11-14,19-20H2;1-5,7H,6H2;1H3;5*1H;;/q;;;;;;;;;+2;+3/p-5/t20-,21-;17-,18-;;;;;;;;;/m11........./s1. The molecule has 2 aromatic heterocycles. The number of nitrogens with two attached hydrogens (primary N) is 3. The van der Waals surface area contributed by atoms with Crippen molar-refractivity contribution in [2.45, 2.75) is 88.7 Å². The van der Waals surface area contributed by atoms with Gasteiger partial charge in [0, 0.05) is 48.7 Å². The maximum absolute atomic E-state index is 12.3. The summed E-state index contributed by atoms with van der Waals surface area (Å²) in [5, 5.41) is 13.5. The van der Waals surface area contributed by atoms with Gasteiger partial charge in [0.15, 0.2) is 0 Å². The molecule has 0 radical (unpaired) electrons. The summed E-state index contributed by atoms with van der Waals surface area (Å²) >= 11 is 17.1. The third kappa shape index (κ3) is 37.5. The second-order valence-corrected chi connectivity index (χ2v) is 65.3. The van der Waals surface area contributed by atoms with Crippen molar-refractivity contribution in [2.24, 2.45) is 17.2 Å². The number of nitrogens with zero attached hydrogens (tertiary/aromatic N) is 3. The van der Waals surface area contributed by atoms with Gasteiger partial charge in [0.25, 0.3) is 5.69 Å². The summed E-state index contributed by atoms with van der Waals surface area (Å²) < 4.78 is 15.0. The molecule has 77 heavy (non-hydrogen) atoms. The van der Waals surface area contributed by atoms with Gasteiger partial charge in [0.05, 0.1) is 25.7 Å². The summed E-state index contributed by atoms with van der Waals surface area (Å²) in [4.78, 5) is 44.8. The molecule has 2 heterocycles. The average Bonchev–Trinajstić information content (AvgIpc) is 4.17. The molecule has 4 atom stereocenters. The average molecular weight is 1840 g/mol. The number of nitrogens with one attached hydrogen (secondary N) is 1. The van der Waals surface area contributed by atoms with Crippen LogP contribution in [0.1, 0.15) is 57.7 Å². The number of non-ortho nitro benzene ring substituents is 1. The third-order valence-corrected chi connectivity index (χ3v) is 11.9. The van der Waals surface area contributed by atoms with E-state index in [1.54, 1.807) is 23.4 Å². The Morgan fingerprint density at radius 3 is 1.31 bits per heavy atom. The zero-order chi connectivity index (χ0) is 56.5. The van der Waals surface area contributed by atoms with Crippen molar-refractivity contribution in [3.05, 3.63) is 211 Å². The number of alkyl halides is 1. The van der Waals surface area contributed by atoms with Gasteiger partial charge in [0.1, 0.15) is 19.0 Å². The molecule has 0 spiro atoms. The van der Waals surface area contributed by atoms with Gasteiger partial charge in [-0.2, -0.15) is 0 Å². The predicted molar refractivity (Wildman–Crippen MR) is 358 cm³/mol. The van der Waals surface area contributed by atoms with Crippen molar-refractivity contribution < 1.29 is 43.1 Å². The number of ether oxygens (including phenoxy) is 3. The Morgan fingerprint density at radius 1 is 0.610 bits per heavy atom. The summed E-state index contributed by atoms with van der Waals surface area (Å²) in [6.45, 7) is 0.318. The van der Waals surface area contributed by atoms with E-state index < -0.39 is 17.2 Å². The number of alkyl carbamates (subject to hydrolysis) is 1. The summed E-state index contributed by atoms with van der Waals surface area (Å²) in [5.41, 5.74) is 27.0. The molecule has 24 heteroatoms. The fraction of sp³-hybridized carbons (Fsp3) is 0.283. The Balaban J connectivity index is 0.000000375. The SMILES string of the molecule is CI.N[C@H](CC[C@@H](N)Cc1ccccc1)Cc1ccccc1.N[C@H](CC[C@H](Cc1ccccc1)NC(=O)OCc1cncs1)Cc1ccccc1.O=C(OCc1cncs1)Oc1ccc([N+](=O)[O-])cc1.[I][V]([I])[I].[I][V][I]. The van der Waals surface area contributed by atoms with Gasteiger partial charge >= 0.3 is 127 Å². The minimum atomic E-state index is -0.873. The number of hydrogen-bond acceptors (Lipinski definition) is 14. The van der Waals surface area contributed by atoms with Crippen LogP contribution in [0.25, 0.3) is 0 Å². The molecule has 0 aliphatic rings. The van der Waals surface area contributed by atoms with E-state index in [4.69, 9.17) is 31.4 Å². The summed E-state index contributed by atoms with van der Waals surface area (Å²) in [7, 11) is 0.628. The fourth-order valence-electron chi connectivity index (χ4n) is 6.89. The van der Waals surface area contributed by atoms with Crippen LogP contribution in [-0.4, -0.2) is 56.2 Å². The van der Waals surface area contributed by atoms with E-state index in [1.165, 1.54) is 69.2 Å². The molecule has 0 aliphatic carbocycles. The number of carbonyl (C=O) groups is 2. The molecule has 0 saturated carbocycles. The Kier molecular flexibility index (Phi) is 43.1. The van der Waals surface area contributed by atoms with Crippen LogP contribution < -0.4 is 27.3 Å². The van der Waals surface area contributed by atoms with Gasteiger partial charge in [-0.15, -0.1) is 22.7 Å². The number of aromatic nitrogens is 2. The van der Waals surface area contributed by atoms with E-state index in [-0.39, 0.29) is 53.7 Å². The molecule has 14 nitrogen and oxygen atoms in total. The number of hydrogen-bond donors (Lipinski definition) is 4. The van der Waals surface area contributed by atoms with Gasteiger partial charge in [0.2, 0.25) is 0 Å². The van der Waals surface area contributed by atoms with E-state index in [9.17, 15) is 19.7 Å². The van der Waals surface area contributed by atoms with Crippen LogP contribution in [0.5, 0.6) is 5.75 Å². The Bertz CT molecular complexity index is 2500. The number of nitro groups is 1. The van der Waals surface area contributed by atoms with Crippen molar-refractivity contribution in [3.8, 4) is 5.75 Å². The number of amides is 1. The molecule has 0 aliphatic heterocycles. The first-order valence-electron chi connectivity index (χ1n) is 23.5. The van der Waals surface area contributed by atoms with Gasteiger partial charge in [-0.1, -0.05) is 144 Å². The molecule has 5 aromatic carbocycles. The van der Waals surface area contributed by atoms with Crippen molar-refractivity contribution in [2.75, 3.05) is 4.93 Å². The Morgan fingerprint density at radius 2 is 0.961 bits per heavy atom. The summed E-state index contributed by atoms with van der Waals surface area (Å²) in [6, 6.07) is 46.8. The molecule has 1 amide bonds. The third-order valence-electron chi connectivity index (χ3n) is 10.4.